The lowest BCUT2D eigenvalue weighted by Gasteiger charge is -2.04. The van der Waals surface area contributed by atoms with Crippen molar-refractivity contribution in [3.63, 3.8) is 0 Å². The smallest absolute Gasteiger partial charge is 0.341 e. The number of ether oxygens (including phenoxy) is 1. The van der Waals surface area contributed by atoms with Crippen LogP contribution in [0.25, 0.3) is 6.08 Å². The van der Waals surface area contributed by atoms with Crippen molar-refractivity contribution in [2.75, 3.05) is 12.4 Å². The Morgan fingerprint density at radius 3 is 2.61 bits per heavy atom. The molecule has 0 radical (unpaired) electrons. The van der Waals surface area contributed by atoms with Crippen molar-refractivity contribution >= 4 is 45.9 Å². The predicted octanol–water partition coefficient (Wildman–Crippen LogP) is 4.46. The second-order valence-electron chi connectivity index (χ2n) is 4.82. The molecule has 0 aliphatic rings. The summed E-state index contributed by atoms with van der Waals surface area (Å²) in [6.45, 7) is 3.72. The summed E-state index contributed by atoms with van der Waals surface area (Å²) in [5.41, 5.74) is 1.96. The highest BCUT2D eigenvalue weighted by Crippen LogP contribution is 2.33. The number of thiophene rings is 1. The largest absolute Gasteiger partial charge is 0.465 e. The minimum atomic E-state index is -0.461. The molecule has 2 aromatic rings. The topological polar surface area (TPSA) is 55.4 Å². The molecule has 0 unspecified atom stereocenters. The fourth-order valence-corrected chi connectivity index (χ4v) is 3.24. The van der Waals surface area contributed by atoms with Gasteiger partial charge in [-0.2, -0.15) is 0 Å². The van der Waals surface area contributed by atoms with Crippen LogP contribution in [0.15, 0.2) is 30.3 Å². The molecule has 120 valence electrons. The van der Waals surface area contributed by atoms with Gasteiger partial charge in [-0.05, 0) is 37.1 Å². The number of anilines is 1. The van der Waals surface area contributed by atoms with E-state index in [0.29, 0.717) is 15.6 Å². The van der Waals surface area contributed by atoms with Crippen LogP contribution < -0.4 is 5.32 Å². The summed E-state index contributed by atoms with van der Waals surface area (Å²) in [4.78, 5) is 24.9. The molecule has 0 fully saturated rings. The molecule has 0 bridgehead atoms. The number of halogens is 1. The van der Waals surface area contributed by atoms with Crippen molar-refractivity contribution in [3.8, 4) is 0 Å². The van der Waals surface area contributed by atoms with Crippen LogP contribution >= 0.6 is 22.9 Å². The van der Waals surface area contributed by atoms with E-state index in [0.717, 1.165) is 16.0 Å². The van der Waals surface area contributed by atoms with E-state index in [2.05, 4.69) is 5.32 Å². The Morgan fingerprint density at radius 2 is 1.96 bits per heavy atom. The second-order valence-corrected chi connectivity index (χ2v) is 6.45. The molecule has 2 rings (SSSR count). The Bertz CT molecular complexity index is 780. The number of hydrogen-bond donors (Lipinski definition) is 1. The number of rotatable bonds is 4. The average Bonchev–Trinajstić information content (AvgIpc) is 2.80. The summed E-state index contributed by atoms with van der Waals surface area (Å²) in [6.07, 6.45) is 3.01. The van der Waals surface area contributed by atoms with Crippen molar-refractivity contribution < 1.29 is 14.3 Å². The number of carbonyl (C=O) groups is 2. The number of methoxy groups -OCH3 is 1. The van der Waals surface area contributed by atoms with Gasteiger partial charge in [-0.25, -0.2) is 4.79 Å². The molecular weight excluding hydrogens is 334 g/mol. The maximum absolute atomic E-state index is 12.1. The number of benzene rings is 1. The summed E-state index contributed by atoms with van der Waals surface area (Å²) in [6, 6.07) is 7.22. The normalized spacial score (nSPS) is 10.8. The summed E-state index contributed by atoms with van der Waals surface area (Å²) in [5.74, 6) is -0.798. The van der Waals surface area contributed by atoms with Crippen LogP contribution in [0.4, 0.5) is 5.00 Å². The molecule has 1 N–H and O–H groups in total. The van der Waals surface area contributed by atoms with E-state index in [1.807, 2.05) is 32.0 Å². The highest BCUT2D eigenvalue weighted by Gasteiger charge is 2.20. The van der Waals surface area contributed by atoms with Crippen LogP contribution in [0.1, 0.15) is 26.4 Å². The lowest BCUT2D eigenvalue weighted by molar-refractivity contribution is -0.111. The van der Waals surface area contributed by atoms with Gasteiger partial charge in [0.05, 0.1) is 12.7 Å². The summed E-state index contributed by atoms with van der Waals surface area (Å²) >= 11 is 7.38. The van der Waals surface area contributed by atoms with Crippen molar-refractivity contribution in [1.82, 2.24) is 0 Å². The van der Waals surface area contributed by atoms with E-state index in [9.17, 15) is 9.59 Å². The van der Waals surface area contributed by atoms with Gasteiger partial charge in [0.15, 0.2) is 0 Å². The highest BCUT2D eigenvalue weighted by atomic mass is 35.5. The van der Waals surface area contributed by atoms with Gasteiger partial charge < -0.3 is 10.1 Å². The Kier molecular flexibility index (Phi) is 5.58. The summed E-state index contributed by atoms with van der Waals surface area (Å²) in [5, 5.41) is 3.78. The van der Waals surface area contributed by atoms with Crippen molar-refractivity contribution in [2.24, 2.45) is 0 Å². The third-order valence-corrected chi connectivity index (χ3v) is 4.80. The zero-order chi connectivity index (χ0) is 17.0. The van der Waals surface area contributed by atoms with E-state index in [1.54, 1.807) is 12.1 Å². The molecule has 0 aliphatic carbocycles. The zero-order valence-electron chi connectivity index (χ0n) is 13.0. The third kappa shape index (κ3) is 4.00. The molecule has 1 heterocycles. The van der Waals surface area contributed by atoms with Gasteiger partial charge in [-0.1, -0.05) is 29.8 Å². The summed E-state index contributed by atoms with van der Waals surface area (Å²) in [7, 11) is 1.32. The molecule has 0 aliphatic heterocycles. The van der Waals surface area contributed by atoms with E-state index in [-0.39, 0.29) is 5.91 Å². The lowest BCUT2D eigenvalue weighted by atomic mass is 10.1. The zero-order valence-corrected chi connectivity index (χ0v) is 14.5. The molecule has 1 amide bonds. The highest BCUT2D eigenvalue weighted by molar-refractivity contribution is 7.16. The fraction of sp³-hybridized carbons (Fsp3) is 0.176. The third-order valence-electron chi connectivity index (χ3n) is 3.33. The van der Waals surface area contributed by atoms with Crippen LogP contribution in [-0.4, -0.2) is 19.0 Å². The second kappa shape index (κ2) is 7.44. The number of carbonyl (C=O) groups excluding carboxylic acids is 2. The van der Waals surface area contributed by atoms with Gasteiger partial charge in [0, 0.05) is 16.0 Å². The van der Waals surface area contributed by atoms with Crippen LogP contribution in [0, 0.1) is 13.8 Å². The minimum absolute atomic E-state index is 0.337. The number of amides is 1. The Morgan fingerprint density at radius 1 is 1.26 bits per heavy atom. The quantitative estimate of drug-likeness (QED) is 0.655. The van der Waals surface area contributed by atoms with Crippen molar-refractivity contribution in [2.45, 2.75) is 13.8 Å². The molecule has 6 heteroatoms. The van der Waals surface area contributed by atoms with Crippen LogP contribution in [0.5, 0.6) is 0 Å². The van der Waals surface area contributed by atoms with Crippen LogP contribution in [0.3, 0.4) is 0 Å². The monoisotopic (exact) mass is 349 g/mol. The first kappa shape index (κ1) is 17.2. The number of nitrogens with one attached hydrogen (secondary N) is 1. The van der Waals surface area contributed by atoms with Gasteiger partial charge in [-0.3, -0.25) is 4.79 Å². The molecule has 1 aromatic heterocycles. The first-order chi connectivity index (χ1) is 10.9. The Labute approximate surface area is 143 Å². The Hall–Kier alpha value is -2.11. The van der Waals surface area contributed by atoms with Crippen molar-refractivity contribution in [1.29, 1.82) is 0 Å². The summed E-state index contributed by atoms with van der Waals surface area (Å²) < 4.78 is 4.78. The van der Waals surface area contributed by atoms with Gasteiger partial charge in [0.1, 0.15) is 5.00 Å². The number of esters is 1. The van der Waals surface area contributed by atoms with E-state index in [4.69, 9.17) is 16.3 Å². The van der Waals surface area contributed by atoms with Gasteiger partial charge >= 0.3 is 5.97 Å². The molecule has 23 heavy (non-hydrogen) atoms. The average molecular weight is 350 g/mol. The molecule has 0 atom stereocenters. The Balaban J connectivity index is 2.20. The lowest BCUT2D eigenvalue weighted by Crippen LogP contribution is -2.11. The standard InChI is InChI=1S/C17H16ClNO3S/c1-10-11(2)23-16(15(10)17(21)22-3)19-14(20)9-8-12-6-4-5-7-13(12)18/h4-9H,1-3H3,(H,19,20)/b9-8+. The van der Waals surface area contributed by atoms with Crippen LogP contribution in [0.2, 0.25) is 5.02 Å². The predicted molar refractivity (Wildman–Crippen MR) is 94.2 cm³/mol. The molecule has 0 spiro atoms. The first-order valence-corrected chi connectivity index (χ1v) is 8.05. The van der Waals surface area contributed by atoms with E-state index in [1.165, 1.54) is 24.5 Å². The van der Waals surface area contributed by atoms with E-state index >= 15 is 0 Å². The van der Waals surface area contributed by atoms with Crippen LogP contribution in [-0.2, 0) is 9.53 Å². The maximum atomic E-state index is 12.1. The number of aryl methyl sites for hydroxylation is 1. The molecule has 4 nitrogen and oxygen atoms in total. The fourth-order valence-electron chi connectivity index (χ4n) is 1.99. The first-order valence-electron chi connectivity index (χ1n) is 6.86. The molecule has 1 aromatic carbocycles. The SMILES string of the molecule is COC(=O)c1c(NC(=O)/C=C/c2ccccc2Cl)sc(C)c1C. The molecule has 0 saturated heterocycles. The van der Waals surface area contributed by atoms with Gasteiger partial charge in [-0.15, -0.1) is 11.3 Å². The maximum Gasteiger partial charge on any atom is 0.341 e. The van der Waals surface area contributed by atoms with Gasteiger partial charge in [0.25, 0.3) is 0 Å². The molecule has 0 saturated carbocycles. The number of hydrogen-bond acceptors (Lipinski definition) is 4. The minimum Gasteiger partial charge on any atom is -0.465 e. The molecular formula is C17H16ClNO3S. The van der Waals surface area contributed by atoms with Crippen molar-refractivity contribution in [3.05, 3.63) is 56.9 Å². The van der Waals surface area contributed by atoms with Gasteiger partial charge in [0.2, 0.25) is 5.91 Å². The van der Waals surface area contributed by atoms with E-state index < -0.39 is 5.97 Å².